The van der Waals surface area contributed by atoms with Crippen molar-refractivity contribution in [2.24, 2.45) is 5.92 Å². The minimum absolute atomic E-state index is 0.716. The minimum atomic E-state index is 0.716. The van der Waals surface area contributed by atoms with Gasteiger partial charge >= 0.3 is 0 Å². The molecule has 18 heavy (non-hydrogen) atoms. The Morgan fingerprint density at radius 2 is 1.83 bits per heavy atom. The molecule has 0 aromatic heterocycles. The molecule has 2 bridgehead atoms. The van der Waals surface area contributed by atoms with E-state index in [4.69, 9.17) is 4.74 Å². The Kier molecular flexibility index (Phi) is 3.92. The number of nitrogens with one attached hydrogen (secondary N) is 1. The fraction of sp³-hybridized carbons (Fsp3) is 1.00. The minimum Gasteiger partial charge on any atom is -0.381 e. The molecule has 3 aliphatic heterocycles. The van der Waals surface area contributed by atoms with Crippen LogP contribution in [0.5, 0.6) is 0 Å². The second-order valence-electron chi connectivity index (χ2n) is 6.55. The molecule has 3 heteroatoms. The summed E-state index contributed by atoms with van der Waals surface area (Å²) < 4.78 is 5.63. The Morgan fingerprint density at radius 1 is 1.11 bits per heavy atom. The van der Waals surface area contributed by atoms with Gasteiger partial charge in [-0.05, 0) is 45.1 Å². The van der Waals surface area contributed by atoms with Gasteiger partial charge in [0.15, 0.2) is 0 Å². The van der Waals surface area contributed by atoms with Crippen molar-refractivity contribution >= 4 is 0 Å². The van der Waals surface area contributed by atoms with E-state index in [-0.39, 0.29) is 0 Å². The lowest BCUT2D eigenvalue weighted by Gasteiger charge is -2.54. The molecule has 3 heterocycles. The Labute approximate surface area is 111 Å². The largest absolute Gasteiger partial charge is 0.381 e. The van der Waals surface area contributed by atoms with Gasteiger partial charge in [0, 0.05) is 30.8 Å². The van der Waals surface area contributed by atoms with Crippen molar-refractivity contribution in [2.75, 3.05) is 20.3 Å². The summed E-state index contributed by atoms with van der Waals surface area (Å²) in [7, 11) is 2.13. The summed E-state index contributed by atoms with van der Waals surface area (Å²) >= 11 is 0. The maximum absolute atomic E-state index is 5.63. The highest BCUT2D eigenvalue weighted by Crippen LogP contribution is 2.38. The predicted octanol–water partition coefficient (Wildman–Crippen LogP) is 2.02. The molecule has 1 N–H and O–H groups in total. The SMILES string of the molecule is CNC1CC2CCCC(C1)N2C1CCOCC1C. The van der Waals surface area contributed by atoms with Crippen molar-refractivity contribution in [3.63, 3.8) is 0 Å². The molecule has 0 aromatic rings. The van der Waals surface area contributed by atoms with Crippen LogP contribution in [-0.2, 0) is 4.74 Å². The summed E-state index contributed by atoms with van der Waals surface area (Å²) in [5, 5.41) is 3.52. The molecule has 4 atom stereocenters. The van der Waals surface area contributed by atoms with Crippen molar-refractivity contribution in [1.82, 2.24) is 10.2 Å². The summed E-state index contributed by atoms with van der Waals surface area (Å²) in [5.74, 6) is 0.716. The van der Waals surface area contributed by atoms with Gasteiger partial charge in [0.05, 0.1) is 6.61 Å². The molecule has 0 amide bonds. The van der Waals surface area contributed by atoms with Crippen LogP contribution in [0.2, 0.25) is 0 Å². The first-order chi connectivity index (χ1) is 8.79. The van der Waals surface area contributed by atoms with Gasteiger partial charge in [0.1, 0.15) is 0 Å². The number of nitrogens with zero attached hydrogens (tertiary/aromatic N) is 1. The van der Waals surface area contributed by atoms with Crippen LogP contribution >= 0.6 is 0 Å². The van der Waals surface area contributed by atoms with Gasteiger partial charge < -0.3 is 10.1 Å². The quantitative estimate of drug-likeness (QED) is 0.814. The molecule has 4 unspecified atom stereocenters. The number of hydrogen-bond acceptors (Lipinski definition) is 3. The Morgan fingerprint density at radius 3 is 2.44 bits per heavy atom. The zero-order valence-corrected chi connectivity index (χ0v) is 11.9. The van der Waals surface area contributed by atoms with E-state index in [2.05, 4.69) is 24.2 Å². The molecule has 0 spiro atoms. The molecule has 0 radical (unpaired) electrons. The molecule has 3 nitrogen and oxygen atoms in total. The highest BCUT2D eigenvalue weighted by molar-refractivity contribution is 4.98. The molecular weight excluding hydrogens is 224 g/mol. The number of ether oxygens (including phenoxy) is 1. The number of rotatable bonds is 2. The highest BCUT2D eigenvalue weighted by atomic mass is 16.5. The first kappa shape index (κ1) is 12.9. The van der Waals surface area contributed by atoms with E-state index in [1.807, 2.05) is 0 Å². The summed E-state index contributed by atoms with van der Waals surface area (Å²) in [4.78, 5) is 2.91. The smallest absolute Gasteiger partial charge is 0.0506 e. The van der Waals surface area contributed by atoms with E-state index in [1.54, 1.807) is 0 Å². The number of hydrogen-bond donors (Lipinski definition) is 1. The van der Waals surface area contributed by atoms with Crippen LogP contribution in [0.1, 0.15) is 45.4 Å². The maximum atomic E-state index is 5.63. The zero-order valence-electron chi connectivity index (χ0n) is 11.9. The van der Waals surface area contributed by atoms with Crippen LogP contribution in [0.3, 0.4) is 0 Å². The molecule has 3 aliphatic rings. The molecule has 3 rings (SSSR count). The van der Waals surface area contributed by atoms with E-state index in [0.717, 1.165) is 37.4 Å². The van der Waals surface area contributed by atoms with Gasteiger partial charge in [-0.2, -0.15) is 0 Å². The van der Waals surface area contributed by atoms with E-state index >= 15 is 0 Å². The van der Waals surface area contributed by atoms with Crippen molar-refractivity contribution in [3.8, 4) is 0 Å². The van der Waals surface area contributed by atoms with E-state index in [1.165, 1.54) is 38.5 Å². The van der Waals surface area contributed by atoms with Crippen LogP contribution < -0.4 is 5.32 Å². The number of fused-ring (bicyclic) bond motifs is 2. The summed E-state index contributed by atoms with van der Waals surface area (Å²) in [6.07, 6.45) is 8.24. The Balaban J connectivity index is 1.74. The van der Waals surface area contributed by atoms with Crippen LogP contribution in [0.15, 0.2) is 0 Å². The van der Waals surface area contributed by atoms with E-state index in [9.17, 15) is 0 Å². The van der Waals surface area contributed by atoms with Crippen LogP contribution in [-0.4, -0.2) is 49.3 Å². The van der Waals surface area contributed by atoms with Gasteiger partial charge in [0.2, 0.25) is 0 Å². The van der Waals surface area contributed by atoms with Gasteiger partial charge in [-0.1, -0.05) is 13.3 Å². The average Bonchev–Trinajstić information content (AvgIpc) is 2.38. The standard InChI is InChI=1S/C15H28N2O/c1-11-10-18-7-6-15(11)17-13-4-3-5-14(17)9-12(8-13)16-2/h11-16H,3-10H2,1-2H3. The molecule has 0 aliphatic carbocycles. The first-order valence-electron chi connectivity index (χ1n) is 7.82. The molecule has 3 fully saturated rings. The van der Waals surface area contributed by atoms with Crippen molar-refractivity contribution in [1.29, 1.82) is 0 Å². The second kappa shape index (κ2) is 5.48. The molecule has 3 saturated heterocycles. The lowest BCUT2D eigenvalue weighted by molar-refractivity contribution is -0.0749. The van der Waals surface area contributed by atoms with E-state index < -0.39 is 0 Å². The Bertz CT molecular complexity index is 270. The van der Waals surface area contributed by atoms with Gasteiger partial charge in [-0.3, -0.25) is 4.90 Å². The summed E-state index contributed by atoms with van der Waals surface area (Å²) in [5.41, 5.74) is 0. The lowest BCUT2D eigenvalue weighted by Crippen LogP contribution is -2.61. The van der Waals surface area contributed by atoms with Crippen LogP contribution in [0.25, 0.3) is 0 Å². The third-order valence-corrected chi connectivity index (χ3v) is 5.42. The van der Waals surface area contributed by atoms with E-state index in [0.29, 0.717) is 5.92 Å². The number of piperidine rings is 2. The van der Waals surface area contributed by atoms with Gasteiger partial charge in [-0.15, -0.1) is 0 Å². The van der Waals surface area contributed by atoms with Gasteiger partial charge in [0.25, 0.3) is 0 Å². The van der Waals surface area contributed by atoms with Crippen molar-refractivity contribution in [3.05, 3.63) is 0 Å². The monoisotopic (exact) mass is 252 g/mol. The summed E-state index contributed by atoms with van der Waals surface area (Å²) in [6.45, 7) is 4.32. The topological polar surface area (TPSA) is 24.5 Å². The third kappa shape index (κ3) is 2.33. The third-order valence-electron chi connectivity index (χ3n) is 5.42. The van der Waals surface area contributed by atoms with Crippen LogP contribution in [0.4, 0.5) is 0 Å². The maximum Gasteiger partial charge on any atom is 0.0506 e. The van der Waals surface area contributed by atoms with Crippen LogP contribution in [0, 0.1) is 5.92 Å². The molecular formula is C15H28N2O. The van der Waals surface area contributed by atoms with Crippen molar-refractivity contribution in [2.45, 2.75) is 69.6 Å². The molecule has 0 aromatic carbocycles. The second-order valence-corrected chi connectivity index (χ2v) is 6.55. The van der Waals surface area contributed by atoms with Crippen molar-refractivity contribution < 1.29 is 4.74 Å². The summed E-state index contributed by atoms with van der Waals surface area (Å²) in [6, 6.07) is 3.21. The average molecular weight is 252 g/mol. The molecule has 104 valence electrons. The first-order valence-corrected chi connectivity index (χ1v) is 7.82. The normalized spacial score (nSPS) is 46.0. The lowest BCUT2D eigenvalue weighted by atomic mass is 9.78. The van der Waals surface area contributed by atoms with Gasteiger partial charge in [-0.25, -0.2) is 0 Å². The Hall–Kier alpha value is -0.120. The fourth-order valence-electron chi connectivity index (χ4n) is 4.51. The molecule has 0 saturated carbocycles. The fourth-order valence-corrected chi connectivity index (χ4v) is 4.51. The highest BCUT2D eigenvalue weighted by Gasteiger charge is 2.43. The predicted molar refractivity (Wildman–Crippen MR) is 73.7 cm³/mol. The zero-order chi connectivity index (χ0) is 12.5.